The van der Waals surface area contributed by atoms with Crippen molar-refractivity contribution in [2.45, 2.75) is 17.2 Å². The zero-order valence-electron chi connectivity index (χ0n) is 10.6. The van der Waals surface area contributed by atoms with E-state index in [-0.39, 0.29) is 0 Å². The Kier molecular flexibility index (Phi) is 4.93. The maximum atomic E-state index is 13.1. The molecule has 1 nitrogen and oxygen atoms in total. The fraction of sp³-hybridized carbons (Fsp3) is 0.200. The summed E-state index contributed by atoms with van der Waals surface area (Å²) in [7, 11) is 1.90. The second-order valence-electron chi connectivity index (χ2n) is 4.24. The molecule has 0 aliphatic heterocycles. The highest BCUT2D eigenvalue weighted by molar-refractivity contribution is 7.98. The van der Waals surface area contributed by atoms with Gasteiger partial charge in [-0.05, 0) is 42.4 Å². The Hall–Kier alpha value is -1.39. The molecule has 0 bridgehead atoms. The smallest absolute Gasteiger partial charge is 0.126 e. The largest absolute Gasteiger partial charge is 0.316 e. The van der Waals surface area contributed by atoms with E-state index in [1.165, 1.54) is 17.7 Å². The number of thioether (sulfide) groups is 1. The van der Waals surface area contributed by atoms with Gasteiger partial charge in [0.2, 0.25) is 0 Å². The van der Waals surface area contributed by atoms with Gasteiger partial charge < -0.3 is 5.32 Å². The summed E-state index contributed by atoms with van der Waals surface area (Å²) in [6, 6.07) is 11.7. The van der Waals surface area contributed by atoms with E-state index in [0.717, 1.165) is 17.5 Å². The van der Waals surface area contributed by atoms with Crippen LogP contribution in [0.1, 0.15) is 11.1 Å². The summed E-state index contributed by atoms with van der Waals surface area (Å²) in [4.78, 5) is 1.09. The van der Waals surface area contributed by atoms with Crippen molar-refractivity contribution in [3.05, 3.63) is 65.2 Å². The first-order chi connectivity index (χ1) is 9.17. The minimum atomic E-state index is -0.528. The highest BCUT2D eigenvalue weighted by atomic mass is 32.2. The molecule has 2 aromatic rings. The maximum absolute atomic E-state index is 13.1. The predicted octanol–water partition coefficient (Wildman–Crippen LogP) is 3.98. The molecule has 1 N–H and O–H groups in total. The molecule has 2 rings (SSSR count). The molecule has 0 spiro atoms. The van der Waals surface area contributed by atoms with Crippen molar-refractivity contribution in [1.82, 2.24) is 5.32 Å². The molecular weight excluding hydrogens is 264 g/mol. The van der Waals surface area contributed by atoms with E-state index in [1.807, 2.05) is 25.2 Å². The Bertz CT molecular complexity index is 537. The number of nitrogens with one attached hydrogen (secondary N) is 1. The number of hydrogen-bond acceptors (Lipinski definition) is 2. The first kappa shape index (κ1) is 14.0. The number of benzene rings is 2. The van der Waals surface area contributed by atoms with Crippen LogP contribution in [0.2, 0.25) is 0 Å². The average molecular weight is 279 g/mol. The molecule has 0 saturated heterocycles. The van der Waals surface area contributed by atoms with Gasteiger partial charge in [-0.2, -0.15) is 0 Å². The van der Waals surface area contributed by atoms with Gasteiger partial charge in [0.15, 0.2) is 0 Å². The van der Waals surface area contributed by atoms with Crippen LogP contribution in [0.5, 0.6) is 0 Å². The lowest BCUT2D eigenvalue weighted by atomic mass is 10.2. The Morgan fingerprint density at radius 3 is 2.42 bits per heavy atom. The van der Waals surface area contributed by atoms with E-state index in [9.17, 15) is 8.78 Å². The summed E-state index contributed by atoms with van der Waals surface area (Å²) < 4.78 is 26.1. The fourth-order valence-corrected chi connectivity index (χ4v) is 2.72. The SMILES string of the molecule is CNCc1cccc(SCc2cc(F)cc(F)c2)c1. The summed E-state index contributed by atoms with van der Waals surface area (Å²) >= 11 is 1.57. The third-order valence-electron chi connectivity index (χ3n) is 2.61. The van der Waals surface area contributed by atoms with Crippen LogP contribution in [0.4, 0.5) is 8.78 Å². The van der Waals surface area contributed by atoms with Crippen molar-refractivity contribution in [1.29, 1.82) is 0 Å². The second kappa shape index (κ2) is 6.68. The third-order valence-corrected chi connectivity index (χ3v) is 3.67. The van der Waals surface area contributed by atoms with Gasteiger partial charge in [-0.15, -0.1) is 11.8 Å². The topological polar surface area (TPSA) is 12.0 Å². The summed E-state index contributed by atoms with van der Waals surface area (Å²) in [6.07, 6.45) is 0. The van der Waals surface area contributed by atoms with Gasteiger partial charge in [0.05, 0.1) is 0 Å². The molecule has 100 valence electrons. The van der Waals surface area contributed by atoms with Gasteiger partial charge in [0.1, 0.15) is 11.6 Å². The quantitative estimate of drug-likeness (QED) is 0.831. The minimum Gasteiger partial charge on any atom is -0.316 e. The van der Waals surface area contributed by atoms with Crippen molar-refractivity contribution in [2.75, 3.05) is 7.05 Å². The van der Waals surface area contributed by atoms with E-state index in [1.54, 1.807) is 11.8 Å². The average Bonchev–Trinajstić information content (AvgIpc) is 2.36. The monoisotopic (exact) mass is 279 g/mol. The zero-order chi connectivity index (χ0) is 13.7. The third kappa shape index (κ3) is 4.33. The van der Waals surface area contributed by atoms with Crippen molar-refractivity contribution < 1.29 is 8.78 Å². The van der Waals surface area contributed by atoms with Crippen LogP contribution in [0.3, 0.4) is 0 Å². The standard InChI is InChI=1S/C15H15F2NS/c1-18-9-11-3-2-4-15(7-11)19-10-12-5-13(16)8-14(17)6-12/h2-8,18H,9-10H2,1H3. The van der Waals surface area contributed by atoms with Crippen LogP contribution in [-0.2, 0) is 12.3 Å². The van der Waals surface area contributed by atoms with E-state index in [2.05, 4.69) is 11.4 Å². The van der Waals surface area contributed by atoms with Gasteiger partial charge in [-0.1, -0.05) is 12.1 Å². The van der Waals surface area contributed by atoms with E-state index in [0.29, 0.717) is 11.3 Å². The molecule has 0 amide bonds. The molecule has 0 radical (unpaired) electrons. The van der Waals surface area contributed by atoms with Gasteiger partial charge in [-0.25, -0.2) is 8.78 Å². The van der Waals surface area contributed by atoms with Crippen LogP contribution in [0.15, 0.2) is 47.4 Å². The molecule has 0 fully saturated rings. The predicted molar refractivity (Wildman–Crippen MR) is 75.1 cm³/mol. The van der Waals surface area contributed by atoms with E-state index >= 15 is 0 Å². The maximum Gasteiger partial charge on any atom is 0.126 e. The Morgan fingerprint density at radius 2 is 1.74 bits per heavy atom. The Labute approximate surface area is 116 Å². The van der Waals surface area contributed by atoms with Gasteiger partial charge >= 0.3 is 0 Å². The van der Waals surface area contributed by atoms with Crippen LogP contribution in [-0.4, -0.2) is 7.05 Å². The lowest BCUT2D eigenvalue weighted by Crippen LogP contribution is -2.04. The number of rotatable bonds is 5. The first-order valence-electron chi connectivity index (χ1n) is 5.98. The minimum absolute atomic E-state index is 0.528. The van der Waals surface area contributed by atoms with Crippen molar-refractivity contribution >= 4 is 11.8 Å². The highest BCUT2D eigenvalue weighted by Crippen LogP contribution is 2.24. The lowest BCUT2D eigenvalue weighted by Gasteiger charge is -2.05. The molecule has 0 unspecified atom stereocenters. The molecule has 0 heterocycles. The molecular formula is C15H15F2NS. The van der Waals surface area contributed by atoms with Gasteiger partial charge in [0, 0.05) is 23.3 Å². The summed E-state index contributed by atoms with van der Waals surface area (Å²) in [5.74, 6) is -0.503. The molecule has 0 saturated carbocycles. The molecule has 0 aliphatic rings. The van der Waals surface area contributed by atoms with Gasteiger partial charge in [-0.3, -0.25) is 0 Å². The first-order valence-corrected chi connectivity index (χ1v) is 6.97. The van der Waals surface area contributed by atoms with Crippen molar-refractivity contribution in [3.63, 3.8) is 0 Å². The van der Waals surface area contributed by atoms with Crippen molar-refractivity contribution in [3.8, 4) is 0 Å². The molecule has 19 heavy (non-hydrogen) atoms. The summed E-state index contributed by atoms with van der Waals surface area (Å²) in [5.41, 5.74) is 1.85. The molecule has 0 aromatic heterocycles. The van der Waals surface area contributed by atoms with Crippen LogP contribution in [0.25, 0.3) is 0 Å². The van der Waals surface area contributed by atoms with E-state index < -0.39 is 11.6 Å². The van der Waals surface area contributed by atoms with Crippen LogP contribution < -0.4 is 5.32 Å². The molecule has 0 atom stereocenters. The normalized spacial score (nSPS) is 10.7. The summed E-state index contributed by atoms with van der Waals surface area (Å²) in [5, 5.41) is 3.09. The lowest BCUT2D eigenvalue weighted by molar-refractivity contribution is 0.581. The molecule has 0 aliphatic carbocycles. The fourth-order valence-electron chi connectivity index (χ4n) is 1.81. The summed E-state index contributed by atoms with van der Waals surface area (Å²) in [6.45, 7) is 0.809. The number of hydrogen-bond donors (Lipinski definition) is 1. The van der Waals surface area contributed by atoms with Gasteiger partial charge in [0.25, 0.3) is 0 Å². The van der Waals surface area contributed by atoms with Crippen LogP contribution >= 0.6 is 11.8 Å². The molecule has 4 heteroatoms. The second-order valence-corrected chi connectivity index (χ2v) is 5.29. The Morgan fingerprint density at radius 1 is 1.00 bits per heavy atom. The van der Waals surface area contributed by atoms with E-state index in [4.69, 9.17) is 0 Å². The zero-order valence-corrected chi connectivity index (χ0v) is 11.4. The number of halogens is 2. The van der Waals surface area contributed by atoms with Crippen molar-refractivity contribution in [2.24, 2.45) is 0 Å². The highest BCUT2D eigenvalue weighted by Gasteiger charge is 2.02. The molecule has 2 aromatic carbocycles. The Balaban J connectivity index is 2.03. The van der Waals surface area contributed by atoms with Crippen LogP contribution in [0, 0.1) is 11.6 Å².